The molecule has 0 saturated heterocycles. The molecule has 0 fully saturated rings. The molecule has 1 aromatic heterocycles. The third-order valence-corrected chi connectivity index (χ3v) is 4.75. The van der Waals surface area contributed by atoms with E-state index in [-0.39, 0.29) is 15.3 Å². The number of carbonyl (C=O) groups is 1. The zero-order valence-corrected chi connectivity index (χ0v) is 8.83. The van der Waals surface area contributed by atoms with Crippen LogP contribution in [0, 0.1) is 6.92 Å². The Morgan fingerprint density at radius 1 is 1.62 bits per heavy atom. The summed E-state index contributed by atoms with van der Waals surface area (Å²) in [7, 11) is 1.25. The van der Waals surface area contributed by atoms with E-state index >= 15 is 0 Å². The molecule has 0 aliphatic rings. The second kappa shape index (κ2) is 3.28. The highest BCUT2D eigenvalue weighted by molar-refractivity contribution is 8.15. The number of thiophene rings is 1. The molecule has 1 aromatic rings. The fourth-order valence-corrected chi connectivity index (χ4v) is 3.39. The summed E-state index contributed by atoms with van der Waals surface area (Å²) < 4.78 is 21.6. The average Bonchev–Trinajstić information content (AvgIpc) is 2.28. The molecule has 0 radical (unpaired) electrons. The summed E-state index contributed by atoms with van der Waals surface area (Å²) in [6, 6.07) is 0. The summed E-state index contributed by atoms with van der Waals surface area (Å²) in [4.78, 5) is 10.5. The van der Waals surface area contributed by atoms with E-state index in [1.807, 2.05) is 0 Å². The molecule has 0 aliphatic heterocycles. The summed E-state index contributed by atoms with van der Waals surface area (Å²) in [5.41, 5.74) is 0.164. The van der Waals surface area contributed by atoms with Crippen LogP contribution in [0.25, 0.3) is 0 Å². The summed E-state index contributed by atoms with van der Waals surface area (Å²) in [6.45, 7) is 1.41. The van der Waals surface area contributed by atoms with Gasteiger partial charge in [-0.3, -0.25) is 0 Å². The Balaban J connectivity index is 3.39. The van der Waals surface area contributed by atoms with E-state index in [0.29, 0.717) is 0 Å². The molecule has 0 aromatic carbocycles. The molecular weight excluding hydrogens is 236 g/mol. The van der Waals surface area contributed by atoms with Crippen LogP contribution >= 0.6 is 22.0 Å². The van der Waals surface area contributed by atoms with Crippen molar-refractivity contribution in [1.29, 1.82) is 0 Å². The lowest BCUT2D eigenvalue weighted by molar-refractivity contribution is 0.0696. The molecule has 0 atom stereocenters. The van der Waals surface area contributed by atoms with Crippen molar-refractivity contribution in [2.45, 2.75) is 11.1 Å². The Hall–Kier alpha value is -0.590. The van der Waals surface area contributed by atoms with Crippen LogP contribution in [-0.2, 0) is 9.05 Å². The Bertz CT molecular complexity index is 445. The monoisotopic (exact) mass is 240 g/mol. The van der Waals surface area contributed by atoms with Gasteiger partial charge in [0, 0.05) is 16.1 Å². The number of halogens is 1. The molecule has 0 spiro atoms. The zero-order chi connectivity index (χ0) is 10.2. The smallest absolute Gasteiger partial charge is 0.336 e. The number of carboxylic acid groups (broad SMARTS) is 1. The Morgan fingerprint density at radius 2 is 2.15 bits per heavy atom. The largest absolute Gasteiger partial charge is 0.478 e. The van der Waals surface area contributed by atoms with Crippen molar-refractivity contribution in [3.8, 4) is 0 Å². The average molecular weight is 241 g/mol. The fourth-order valence-electron chi connectivity index (χ4n) is 0.850. The van der Waals surface area contributed by atoms with Crippen LogP contribution in [0.15, 0.2) is 9.59 Å². The lowest BCUT2D eigenvalue weighted by Gasteiger charge is -1.93. The molecule has 7 heteroatoms. The van der Waals surface area contributed by atoms with Crippen LogP contribution in [0.4, 0.5) is 0 Å². The molecule has 0 amide bonds. The third-order valence-electron chi connectivity index (χ3n) is 1.45. The van der Waals surface area contributed by atoms with Gasteiger partial charge in [0.15, 0.2) is 0 Å². The second-order valence-electron chi connectivity index (χ2n) is 2.30. The van der Waals surface area contributed by atoms with Gasteiger partial charge < -0.3 is 5.11 Å². The maximum Gasteiger partial charge on any atom is 0.336 e. The van der Waals surface area contributed by atoms with E-state index in [2.05, 4.69) is 0 Å². The molecular formula is C6H5ClO4S2. The minimum atomic E-state index is -3.82. The van der Waals surface area contributed by atoms with E-state index in [0.717, 1.165) is 11.3 Å². The summed E-state index contributed by atoms with van der Waals surface area (Å²) in [6.07, 6.45) is 0. The predicted octanol–water partition coefficient (Wildman–Crippen LogP) is 1.68. The minimum Gasteiger partial charge on any atom is -0.478 e. The van der Waals surface area contributed by atoms with Gasteiger partial charge in [0.2, 0.25) is 0 Å². The minimum absolute atomic E-state index is 0.0239. The first-order chi connectivity index (χ1) is 5.84. The molecule has 1 N–H and O–H groups in total. The van der Waals surface area contributed by atoms with Crippen molar-refractivity contribution >= 4 is 37.0 Å². The van der Waals surface area contributed by atoms with Crippen molar-refractivity contribution in [2.24, 2.45) is 0 Å². The highest BCUT2D eigenvalue weighted by Crippen LogP contribution is 2.29. The van der Waals surface area contributed by atoms with Gasteiger partial charge in [-0.25, -0.2) is 13.2 Å². The van der Waals surface area contributed by atoms with E-state index in [1.54, 1.807) is 0 Å². The van der Waals surface area contributed by atoms with Crippen molar-refractivity contribution in [2.75, 3.05) is 0 Å². The van der Waals surface area contributed by atoms with Crippen molar-refractivity contribution < 1.29 is 18.3 Å². The van der Waals surface area contributed by atoms with Crippen LogP contribution < -0.4 is 0 Å². The Kier molecular flexibility index (Phi) is 2.65. The van der Waals surface area contributed by atoms with Crippen molar-refractivity contribution in [3.63, 3.8) is 0 Å². The number of carboxylic acids is 1. The molecule has 4 nitrogen and oxygen atoms in total. The highest BCUT2D eigenvalue weighted by atomic mass is 35.7. The lowest BCUT2D eigenvalue weighted by atomic mass is 10.2. The SMILES string of the molecule is Cc1c(C(=O)O)csc1S(=O)(=O)Cl. The van der Waals surface area contributed by atoms with Crippen LogP contribution in [-0.4, -0.2) is 19.5 Å². The van der Waals surface area contributed by atoms with Crippen LogP contribution in [0.1, 0.15) is 15.9 Å². The number of hydrogen-bond acceptors (Lipinski definition) is 4. The highest BCUT2D eigenvalue weighted by Gasteiger charge is 2.21. The van der Waals surface area contributed by atoms with E-state index in [4.69, 9.17) is 15.8 Å². The van der Waals surface area contributed by atoms with Gasteiger partial charge in [-0.15, -0.1) is 11.3 Å². The Labute approximate surface area is 83.2 Å². The van der Waals surface area contributed by atoms with E-state index in [1.165, 1.54) is 12.3 Å². The van der Waals surface area contributed by atoms with E-state index in [9.17, 15) is 13.2 Å². The normalized spacial score (nSPS) is 11.5. The molecule has 0 aliphatic carbocycles. The van der Waals surface area contributed by atoms with Crippen LogP contribution in [0.5, 0.6) is 0 Å². The number of hydrogen-bond donors (Lipinski definition) is 1. The predicted molar refractivity (Wildman–Crippen MR) is 49.1 cm³/mol. The van der Waals surface area contributed by atoms with Gasteiger partial charge in [0.05, 0.1) is 5.56 Å². The molecule has 1 rings (SSSR count). The van der Waals surface area contributed by atoms with Gasteiger partial charge in [0.25, 0.3) is 9.05 Å². The second-order valence-corrected chi connectivity index (χ2v) is 5.95. The Morgan fingerprint density at radius 3 is 2.38 bits per heavy atom. The summed E-state index contributed by atoms with van der Waals surface area (Å²) >= 11 is 0.811. The van der Waals surface area contributed by atoms with Gasteiger partial charge in [0.1, 0.15) is 4.21 Å². The van der Waals surface area contributed by atoms with Crippen LogP contribution in [0.2, 0.25) is 0 Å². The first-order valence-electron chi connectivity index (χ1n) is 3.10. The third kappa shape index (κ3) is 2.01. The molecule has 13 heavy (non-hydrogen) atoms. The van der Waals surface area contributed by atoms with E-state index < -0.39 is 15.0 Å². The molecule has 0 unspecified atom stereocenters. The maximum atomic E-state index is 10.9. The van der Waals surface area contributed by atoms with Gasteiger partial charge >= 0.3 is 5.97 Å². The molecule has 0 bridgehead atoms. The molecule has 72 valence electrons. The summed E-state index contributed by atoms with van der Waals surface area (Å²) in [5, 5.41) is 9.87. The van der Waals surface area contributed by atoms with Gasteiger partial charge in [-0.2, -0.15) is 0 Å². The van der Waals surface area contributed by atoms with Gasteiger partial charge in [-0.05, 0) is 12.5 Å². The van der Waals surface area contributed by atoms with Crippen molar-refractivity contribution in [3.05, 3.63) is 16.5 Å². The molecule has 1 heterocycles. The zero-order valence-electron chi connectivity index (χ0n) is 6.44. The number of aromatic carboxylic acids is 1. The molecule has 0 saturated carbocycles. The lowest BCUT2D eigenvalue weighted by Crippen LogP contribution is -1.98. The van der Waals surface area contributed by atoms with Crippen molar-refractivity contribution in [1.82, 2.24) is 0 Å². The van der Waals surface area contributed by atoms with Gasteiger partial charge in [-0.1, -0.05) is 0 Å². The van der Waals surface area contributed by atoms with Crippen LogP contribution in [0.3, 0.4) is 0 Å². The maximum absolute atomic E-state index is 10.9. The fraction of sp³-hybridized carbons (Fsp3) is 0.167. The first-order valence-corrected chi connectivity index (χ1v) is 6.29. The topological polar surface area (TPSA) is 71.4 Å². The number of rotatable bonds is 2. The summed E-state index contributed by atoms with van der Waals surface area (Å²) in [5.74, 6) is -1.15. The standard InChI is InChI=1S/C6H5ClO4S2/c1-3-4(5(8)9)2-12-6(3)13(7,10)11/h2H,1H3,(H,8,9). The first kappa shape index (κ1) is 10.5. The quantitative estimate of drug-likeness (QED) is 0.799.